The molecule has 0 saturated carbocycles. The molecule has 9 aromatic carbocycles. The molecule has 0 bridgehead atoms. The topological polar surface area (TPSA) is 0 Å². The number of rotatable bonds is 4. The van der Waals surface area contributed by atoms with Crippen molar-refractivity contribution < 1.29 is 0 Å². The van der Waals surface area contributed by atoms with Gasteiger partial charge in [-0.1, -0.05) is 206 Å². The fraction of sp³-hybridized carbons (Fsp3) is 0.0357. The number of hydrogen-bond donors (Lipinski definition) is 0. The third-order valence-electron chi connectivity index (χ3n) is 14.1. The maximum Gasteiger partial charge on any atom is 0.180 e. The van der Waals surface area contributed by atoms with Crippen LogP contribution in [0.2, 0.25) is 0 Å². The third kappa shape index (κ3) is 4.13. The standard InChI is InChI=1S/C56H38Si2/c1-3-15-45-37(13-1)33-39-25-27-43(35-51(39)45)57(53-21-9-5-17-47(53)48-18-6-10-22-54(48)57)41-29-31-42(32-30-41)58(55-23-11-7-19-49(55)50-20-8-12-24-56(50)58)44-28-26-40-34-38-14-2-4-16-46(38)52(40)36-44/h1-32,35-36H,33-34H2. The number of fused-ring (bicyclic) bond motifs is 12. The molecule has 270 valence electrons. The van der Waals surface area contributed by atoms with Crippen LogP contribution in [0.1, 0.15) is 22.3 Å². The Balaban J connectivity index is 1.07. The van der Waals surface area contributed by atoms with Crippen LogP contribution >= 0.6 is 0 Å². The van der Waals surface area contributed by atoms with Gasteiger partial charge in [0.15, 0.2) is 16.1 Å². The van der Waals surface area contributed by atoms with E-state index in [-0.39, 0.29) is 0 Å². The van der Waals surface area contributed by atoms with Crippen molar-refractivity contribution in [3.05, 3.63) is 229 Å². The second-order valence-electron chi connectivity index (χ2n) is 16.7. The smallest absolute Gasteiger partial charge is 0.0623 e. The van der Waals surface area contributed by atoms with Crippen LogP contribution in [0.25, 0.3) is 44.5 Å². The quantitative estimate of drug-likeness (QED) is 0.163. The van der Waals surface area contributed by atoms with Gasteiger partial charge in [-0.25, -0.2) is 0 Å². The lowest BCUT2D eigenvalue weighted by Crippen LogP contribution is -2.74. The summed E-state index contributed by atoms with van der Waals surface area (Å²) in [7, 11) is -5.48. The lowest BCUT2D eigenvalue weighted by atomic mass is 10.1. The SMILES string of the molecule is c1ccc2c(c1)Cc1ccc([Si]3(c4ccc([Si]5(c6ccc7c(c6)-c6ccccc6C7)c6ccccc6-c6ccccc65)cc4)c4ccccc4-c4ccccc43)cc1-2. The van der Waals surface area contributed by atoms with Gasteiger partial charge in [0.1, 0.15) is 0 Å². The third-order valence-corrected chi connectivity index (χ3v) is 23.8. The average Bonchev–Trinajstić information content (AvgIpc) is 4.02. The van der Waals surface area contributed by atoms with Crippen molar-refractivity contribution in [2.24, 2.45) is 0 Å². The Labute approximate surface area is 341 Å². The second kappa shape index (κ2) is 12.0. The maximum absolute atomic E-state index is 2.74. The molecule has 0 N–H and O–H groups in total. The maximum atomic E-state index is 2.59. The molecule has 13 rings (SSSR count). The van der Waals surface area contributed by atoms with Crippen molar-refractivity contribution in [3.8, 4) is 44.5 Å². The molecule has 0 aromatic heterocycles. The molecule has 2 heterocycles. The molecule has 58 heavy (non-hydrogen) atoms. The minimum absolute atomic E-state index is 1.01. The van der Waals surface area contributed by atoms with Gasteiger partial charge in [-0.3, -0.25) is 0 Å². The minimum atomic E-state index is -2.74. The zero-order chi connectivity index (χ0) is 38.0. The summed E-state index contributed by atoms with van der Waals surface area (Å²) in [6, 6.07) is 80.5. The highest BCUT2D eigenvalue weighted by Gasteiger charge is 2.51. The number of hydrogen-bond acceptors (Lipinski definition) is 0. The van der Waals surface area contributed by atoms with Crippen molar-refractivity contribution in [3.63, 3.8) is 0 Å². The van der Waals surface area contributed by atoms with Gasteiger partial charge in [-0.05, 0) is 121 Å². The van der Waals surface area contributed by atoms with Gasteiger partial charge >= 0.3 is 0 Å². The normalized spacial score (nSPS) is 15.0. The summed E-state index contributed by atoms with van der Waals surface area (Å²) < 4.78 is 0. The Bertz CT molecular complexity index is 2880. The van der Waals surface area contributed by atoms with Crippen LogP contribution in [0.4, 0.5) is 0 Å². The van der Waals surface area contributed by atoms with Gasteiger partial charge in [0.25, 0.3) is 0 Å². The van der Waals surface area contributed by atoms with E-state index in [0.717, 1.165) is 12.8 Å². The molecule has 0 fully saturated rings. The zero-order valence-electron chi connectivity index (χ0n) is 32.0. The summed E-state index contributed by atoms with van der Waals surface area (Å²) in [5.41, 5.74) is 16.9. The summed E-state index contributed by atoms with van der Waals surface area (Å²) in [5, 5.41) is 11.8. The van der Waals surface area contributed by atoms with Crippen molar-refractivity contribution in [1.29, 1.82) is 0 Å². The first-order valence-electron chi connectivity index (χ1n) is 20.7. The summed E-state index contributed by atoms with van der Waals surface area (Å²) in [6.07, 6.45) is 2.01. The highest BCUT2D eigenvalue weighted by atomic mass is 28.3. The van der Waals surface area contributed by atoms with Crippen LogP contribution in [0.3, 0.4) is 0 Å². The Morgan fingerprint density at radius 2 is 0.500 bits per heavy atom. The van der Waals surface area contributed by atoms with Gasteiger partial charge in [-0.2, -0.15) is 0 Å². The molecule has 2 aliphatic heterocycles. The fourth-order valence-corrected chi connectivity index (χ4v) is 22.1. The molecule has 0 radical (unpaired) electrons. The highest BCUT2D eigenvalue weighted by molar-refractivity contribution is 7.23. The molecule has 0 nitrogen and oxygen atoms in total. The van der Waals surface area contributed by atoms with E-state index in [2.05, 4.69) is 206 Å². The molecular weight excluding hydrogens is 729 g/mol. The Kier molecular flexibility index (Phi) is 6.71. The van der Waals surface area contributed by atoms with E-state index in [4.69, 9.17) is 0 Å². The largest absolute Gasteiger partial charge is 0.180 e. The highest BCUT2D eigenvalue weighted by Crippen LogP contribution is 2.39. The fourth-order valence-electron chi connectivity index (χ4n) is 11.7. The molecule has 0 amide bonds. The number of benzene rings is 9. The van der Waals surface area contributed by atoms with Crippen LogP contribution in [0.5, 0.6) is 0 Å². The Morgan fingerprint density at radius 3 is 0.862 bits per heavy atom. The van der Waals surface area contributed by atoms with Crippen LogP contribution in [-0.4, -0.2) is 16.1 Å². The van der Waals surface area contributed by atoms with Crippen molar-refractivity contribution >= 4 is 57.6 Å². The molecule has 0 atom stereocenters. The van der Waals surface area contributed by atoms with Crippen LogP contribution in [0, 0.1) is 0 Å². The van der Waals surface area contributed by atoms with E-state index in [1.165, 1.54) is 108 Å². The van der Waals surface area contributed by atoms with Gasteiger partial charge in [0.05, 0.1) is 0 Å². The average molecular weight is 767 g/mol. The van der Waals surface area contributed by atoms with Crippen molar-refractivity contribution in [2.75, 3.05) is 0 Å². The van der Waals surface area contributed by atoms with Crippen molar-refractivity contribution in [2.45, 2.75) is 12.8 Å². The van der Waals surface area contributed by atoms with Gasteiger partial charge < -0.3 is 0 Å². The first kappa shape index (κ1) is 32.5. The molecule has 9 aromatic rings. The van der Waals surface area contributed by atoms with Gasteiger partial charge in [0.2, 0.25) is 0 Å². The Morgan fingerprint density at radius 1 is 0.224 bits per heavy atom. The molecule has 0 saturated heterocycles. The van der Waals surface area contributed by atoms with Gasteiger partial charge in [0, 0.05) is 0 Å². The molecule has 0 unspecified atom stereocenters. The predicted octanol–water partition coefficient (Wildman–Crippen LogP) is 7.54. The van der Waals surface area contributed by atoms with E-state index >= 15 is 0 Å². The first-order valence-corrected chi connectivity index (χ1v) is 24.7. The minimum Gasteiger partial charge on any atom is -0.0623 e. The second-order valence-corrected chi connectivity index (χ2v) is 24.1. The monoisotopic (exact) mass is 766 g/mol. The molecular formula is C56H38Si2. The lowest BCUT2D eigenvalue weighted by molar-refractivity contribution is 1.26. The van der Waals surface area contributed by atoms with Crippen LogP contribution in [0.15, 0.2) is 206 Å². The van der Waals surface area contributed by atoms with Crippen LogP contribution < -0.4 is 41.5 Å². The lowest BCUT2D eigenvalue weighted by Gasteiger charge is -2.34. The van der Waals surface area contributed by atoms with E-state index < -0.39 is 16.1 Å². The summed E-state index contributed by atoms with van der Waals surface area (Å²) in [6.45, 7) is 0. The first-order chi connectivity index (χ1) is 28.7. The van der Waals surface area contributed by atoms with Gasteiger partial charge in [-0.15, -0.1) is 0 Å². The summed E-state index contributed by atoms with van der Waals surface area (Å²) >= 11 is 0. The molecule has 2 heteroatoms. The molecule has 4 aliphatic rings. The summed E-state index contributed by atoms with van der Waals surface area (Å²) in [5.74, 6) is 0. The van der Waals surface area contributed by atoms with E-state index in [0.29, 0.717) is 0 Å². The zero-order valence-corrected chi connectivity index (χ0v) is 34.0. The summed E-state index contributed by atoms with van der Waals surface area (Å²) in [4.78, 5) is 0. The van der Waals surface area contributed by atoms with Crippen LogP contribution in [-0.2, 0) is 12.8 Å². The van der Waals surface area contributed by atoms with E-state index in [1.54, 1.807) is 0 Å². The molecule has 2 aliphatic carbocycles. The van der Waals surface area contributed by atoms with E-state index in [9.17, 15) is 0 Å². The molecule has 0 spiro atoms. The van der Waals surface area contributed by atoms with E-state index in [1.807, 2.05) is 0 Å². The predicted molar refractivity (Wildman–Crippen MR) is 248 cm³/mol. The van der Waals surface area contributed by atoms with Crippen molar-refractivity contribution in [1.82, 2.24) is 0 Å². The Hall–Kier alpha value is -6.59.